The Kier molecular flexibility index (Phi) is 5.46. The van der Waals surface area contributed by atoms with Crippen molar-refractivity contribution < 1.29 is 19.1 Å². The molecule has 0 aliphatic carbocycles. The number of nitrogens with zero attached hydrogens (tertiary/aromatic N) is 3. The van der Waals surface area contributed by atoms with Crippen LogP contribution in [0.2, 0.25) is 5.02 Å². The summed E-state index contributed by atoms with van der Waals surface area (Å²) in [6.45, 7) is 0.173. The van der Waals surface area contributed by atoms with Crippen molar-refractivity contribution in [3.63, 3.8) is 0 Å². The number of hydrogen-bond donors (Lipinski definition) is 1. The number of hydrogen-bond acceptors (Lipinski definition) is 7. The van der Waals surface area contributed by atoms with Crippen molar-refractivity contribution in [2.75, 3.05) is 14.2 Å². The molecule has 9 heteroatoms. The maximum absolute atomic E-state index is 12.2. The number of rotatable bonds is 5. The Morgan fingerprint density at radius 1 is 1.19 bits per heavy atom. The molecule has 138 valence electrons. The number of nitrogens with one attached hydrogen (secondary N) is 1. The summed E-state index contributed by atoms with van der Waals surface area (Å²) in [5.74, 6) is -0.750. The van der Waals surface area contributed by atoms with E-state index in [1.54, 1.807) is 24.3 Å². The van der Waals surface area contributed by atoms with Crippen molar-refractivity contribution in [2.24, 2.45) is 0 Å². The van der Waals surface area contributed by atoms with Crippen LogP contribution < -0.4 is 10.1 Å². The predicted molar refractivity (Wildman–Crippen MR) is 97.8 cm³/mol. The highest BCUT2D eigenvalue weighted by atomic mass is 35.5. The van der Waals surface area contributed by atoms with Gasteiger partial charge in [0.25, 0.3) is 5.91 Å². The van der Waals surface area contributed by atoms with Crippen molar-refractivity contribution in [3.8, 4) is 5.88 Å². The Bertz CT molecular complexity index is 1010. The molecular formula is C18H15ClN4O4. The molecule has 1 amide bonds. The second-order valence-electron chi connectivity index (χ2n) is 5.49. The summed E-state index contributed by atoms with van der Waals surface area (Å²) in [5, 5.41) is 11.2. The van der Waals surface area contributed by atoms with Gasteiger partial charge < -0.3 is 14.8 Å². The van der Waals surface area contributed by atoms with Gasteiger partial charge in [-0.2, -0.15) is 10.2 Å². The summed E-state index contributed by atoms with van der Waals surface area (Å²) in [6.07, 6.45) is 2.81. The Labute approximate surface area is 159 Å². The SMILES string of the molecule is COC(=O)c1cc2cc(Cl)cc(CNC(=O)c3ccnnc3)c2nc1OC. The van der Waals surface area contributed by atoms with Crippen LogP contribution in [0.4, 0.5) is 0 Å². The second-order valence-corrected chi connectivity index (χ2v) is 5.92. The molecule has 0 saturated heterocycles. The molecule has 0 fully saturated rings. The Morgan fingerprint density at radius 3 is 2.67 bits per heavy atom. The van der Waals surface area contributed by atoms with Crippen molar-refractivity contribution in [2.45, 2.75) is 6.54 Å². The van der Waals surface area contributed by atoms with Crippen LogP contribution in [0, 0.1) is 0 Å². The van der Waals surface area contributed by atoms with Crippen LogP contribution in [0.1, 0.15) is 26.3 Å². The molecule has 2 aromatic heterocycles. The third-order valence-corrected chi connectivity index (χ3v) is 4.03. The maximum atomic E-state index is 12.2. The van der Waals surface area contributed by atoms with Gasteiger partial charge in [0.2, 0.25) is 5.88 Å². The lowest BCUT2D eigenvalue weighted by molar-refractivity contribution is 0.0596. The Hall–Kier alpha value is -3.26. The number of carbonyl (C=O) groups is 2. The van der Waals surface area contributed by atoms with Crippen LogP contribution >= 0.6 is 11.6 Å². The highest BCUT2D eigenvalue weighted by Gasteiger charge is 2.18. The largest absolute Gasteiger partial charge is 0.480 e. The predicted octanol–water partition coefficient (Wildman–Crippen LogP) is 2.40. The first-order valence-electron chi connectivity index (χ1n) is 7.84. The molecule has 0 bridgehead atoms. The lowest BCUT2D eigenvalue weighted by Gasteiger charge is -2.12. The molecule has 0 aliphatic heterocycles. The van der Waals surface area contributed by atoms with Crippen molar-refractivity contribution >= 4 is 34.4 Å². The molecule has 3 aromatic rings. The molecule has 0 radical (unpaired) electrons. The first-order chi connectivity index (χ1) is 13.0. The van der Waals surface area contributed by atoms with E-state index in [1.807, 2.05) is 0 Å². The molecule has 8 nitrogen and oxygen atoms in total. The van der Waals surface area contributed by atoms with Crippen LogP contribution in [0.25, 0.3) is 10.9 Å². The number of halogens is 1. The Balaban J connectivity index is 1.97. The molecule has 27 heavy (non-hydrogen) atoms. The van der Waals surface area contributed by atoms with Gasteiger partial charge in [-0.25, -0.2) is 9.78 Å². The minimum Gasteiger partial charge on any atom is -0.480 e. The van der Waals surface area contributed by atoms with Gasteiger partial charge in [-0.1, -0.05) is 11.6 Å². The first kappa shape index (κ1) is 18.5. The van der Waals surface area contributed by atoms with E-state index in [0.29, 0.717) is 27.1 Å². The smallest absolute Gasteiger partial charge is 0.343 e. The summed E-state index contributed by atoms with van der Waals surface area (Å²) < 4.78 is 9.97. The monoisotopic (exact) mass is 386 g/mol. The van der Waals surface area contributed by atoms with Crippen LogP contribution in [-0.4, -0.2) is 41.3 Å². The Morgan fingerprint density at radius 2 is 2.00 bits per heavy atom. The van der Waals surface area contributed by atoms with Gasteiger partial charge in [0.05, 0.1) is 37.7 Å². The number of pyridine rings is 1. The van der Waals surface area contributed by atoms with Crippen LogP contribution in [0.5, 0.6) is 5.88 Å². The lowest BCUT2D eigenvalue weighted by atomic mass is 10.1. The fourth-order valence-corrected chi connectivity index (χ4v) is 2.80. The molecule has 0 atom stereocenters. The van der Waals surface area contributed by atoms with E-state index in [0.717, 1.165) is 0 Å². The van der Waals surface area contributed by atoms with Crippen LogP contribution in [0.15, 0.2) is 36.7 Å². The average molecular weight is 387 g/mol. The quantitative estimate of drug-likeness (QED) is 0.671. The fourth-order valence-electron chi connectivity index (χ4n) is 2.55. The zero-order valence-corrected chi connectivity index (χ0v) is 15.3. The molecular weight excluding hydrogens is 372 g/mol. The second kappa shape index (κ2) is 7.96. The van der Waals surface area contributed by atoms with E-state index in [4.69, 9.17) is 21.1 Å². The first-order valence-corrected chi connectivity index (χ1v) is 8.21. The standard InChI is InChI=1S/C18H15ClN4O4/c1-26-17-14(18(25)27-2)7-11-5-13(19)6-12(15(11)23-17)8-20-16(24)10-3-4-21-22-9-10/h3-7,9H,8H2,1-2H3,(H,20,24). The van der Waals surface area contributed by atoms with Gasteiger partial charge in [-0.15, -0.1) is 0 Å². The van der Waals surface area contributed by atoms with Gasteiger partial charge in [0.1, 0.15) is 5.56 Å². The summed E-state index contributed by atoms with van der Waals surface area (Å²) in [4.78, 5) is 28.6. The number of esters is 1. The van der Waals surface area contributed by atoms with E-state index >= 15 is 0 Å². The molecule has 1 N–H and O–H groups in total. The molecule has 0 saturated carbocycles. The minimum absolute atomic E-state index is 0.127. The summed E-state index contributed by atoms with van der Waals surface area (Å²) in [5.41, 5.74) is 1.79. The zero-order valence-electron chi connectivity index (χ0n) is 14.5. The maximum Gasteiger partial charge on any atom is 0.343 e. The van der Waals surface area contributed by atoms with Gasteiger partial charge in [-0.05, 0) is 29.8 Å². The van der Waals surface area contributed by atoms with Crippen LogP contribution in [0.3, 0.4) is 0 Å². The highest BCUT2D eigenvalue weighted by molar-refractivity contribution is 6.31. The van der Waals surface area contributed by atoms with E-state index in [1.165, 1.54) is 26.6 Å². The number of amides is 1. The van der Waals surface area contributed by atoms with Gasteiger partial charge >= 0.3 is 5.97 Å². The van der Waals surface area contributed by atoms with Gasteiger partial charge in [-0.3, -0.25) is 4.79 Å². The van der Waals surface area contributed by atoms with Gasteiger partial charge in [0.15, 0.2) is 0 Å². The molecule has 3 rings (SSSR count). The fraction of sp³-hybridized carbons (Fsp3) is 0.167. The van der Waals surface area contributed by atoms with Crippen molar-refractivity contribution in [1.29, 1.82) is 0 Å². The van der Waals surface area contributed by atoms with E-state index in [2.05, 4.69) is 20.5 Å². The molecule has 0 aliphatic rings. The number of methoxy groups -OCH3 is 2. The third-order valence-electron chi connectivity index (χ3n) is 3.81. The lowest BCUT2D eigenvalue weighted by Crippen LogP contribution is -2.23. The number of carbonyl (C=O) groups excluding carboxylic acids is 2. The van der Waals surface area contributed by atoms with Crippen molar-refractivity contribution in [1.82, 2.24) is 20.5 Å². The van der Waals surface area contributed by atoms with E-state index < -0.39 is 5.97 Å². The zero-order chi connectivity index (χ0) is 19.4. The summed E-state index contributed by atoms with van der Waals surface area (Å²) in [7, 11) is 2.69. The number of benzene rings is 1. The normalized spacial score (nSPS) is 10.5. The van der Waals surface area contributed by atoms with E-state index in [-0.39, 0.29) is 23.9 Å². The number of ether oxygens (including phenoxy) is 2. The van der Waals surface area contributed by atoms with E-state index in [9.17, 15) is 9.59 Å². The topological polar surface area (TPSA) is 103 Å². The molecule has 0 unspecified atom stereocenters. The summed E-state index contributed by atoms with van der Waals surface area (Å²) >= 11 is 6.19. The van der Waals surface area contributed by atoms with Crippen molar-refractivity contribution in [3.05, 3.63) is 58.4 Å². The number of fused-ring (bicyclic) bond motifs is 1. The molecule has 1 aromatic carbocycles. The third kappa shape index (κ3) is 3.95. The highest BCUT2D eigenvalue weighted by Crippen LogP contribution is 2.28. The average Bonchev–Trinajstić information content (AvgIpc) is 2.70. The van der Waals surface area contributed by atoms with Crippen LogP contribution in [-0.2, 0) is 11.3 Å². The number of aromatic nitrogens is 3. The summed E-state index contributed by atoms with van der Waals surface area (Å²) in [6, 6.07) is 6.52. The van der Waals surface area contributed by atoms with Gasteiger partial charge in [0, 0.05) is 17.0 Å². The molecule has 2 heterocycles. The molecule has 0 spiro atoms. The minimum atomic E-state index is -0.568.